The molecule has 1 aromatic carbocycles. The molecule has 0 bridgehead atoms. The van der Waals surface area contributed by atoms with E-state index in [0.29, 0.717) is 5.82 Å². The van der Waals surface area contributed by atoms with Crippen molar-refractivity contribution in [3.63, 3.8) is 0 Å². The number of benzene rings is 1. The maximum Gasteiger partial charge on any atom is 0.260 e. The number of hydrogen-bond acceptors (Lipinski definition) is 2. The SMILES string of the molecule is CCC(C)n1c(N)cc2ccccc2c1=O. The number of fused-ring (bicyclic) bond motifs is 1. The molecule has 3 nitrogen and oxygen atoms in total. The van der Waals surface area contributed by atoms with Gasteiger partial charge in [-0.25, -0.2) is 0 Å². The largest absolute Gasteiger partial charge is 0.385 e. The van der Waals surface area contributed by atoms with E-state index in [9.17, 15) is 4.79 Å². The molecule has 2 rings (SSSR count). The van der Waals surface area contributed by atoms with Crippen LogP contribution in [0.2, 0.25) is 0 Å². The van der Waals surface area contributed by atoms with Crippen LogP contribution in [0.25, 0.3) is 10.8 Å². The van der Waals surface area contributed by atoms with Crippen LogP contribution in [0, 0.1) is 0 Å². The maximum atomic E-state index is 12.2. The fourth-order valence-electron chi connectivity index (χ4n) is 1.93. The topological polar surface area (TPSA) is 48.0 Å². The number of nitrogens with zero attached hydrogens (tertiary/aromatic N) is 1. The average molecular weight is 216 g/mol. The first-order valence-corrected chi connectivity index (χ1v) is 5.55. The van der Waals surface area contributed by atoms with Gasteiger partial charge in [-0.2, -0.15) is 0 Å². The van der Waals surface area contributed by atoms with E-state index in [1.165, 1.54) is 0 Å². The van der Waals surface area contributed by atoms with Crippen LogP contribution in [0.1, 0.15) is 26.3 Å². The van der Waals surface area contributed by atoms with Crippen molar-refractivity contribution in [3.8, 4) is 0 Å². The first kappa shape index (κ1) is 10.7. The molecule has 1 aromatic heterocycles. The fraction of sp³-hybridized carbons (Fsp3) is 0.308. The van der Waals surface area contributed by atoms with E-state index in [4.69, 9.17) is 5.73 Å². The molecule has 2 aromatic rings. The van der Waals surface area contributed by atoms with Crippen LogP contribution in [0.5, 0.6) is 0 Å². The lowest BCUT2D eigenvalue weighted by Gasteiger charge is -2.16. The number of aromatic nitrogens is 1. The second kappa shape index (κ2) is 4.00. The minimum Gasteiger partial charge on any atom is -0.385 e. The van der Waals surface area contributed by atoms with E-state index < -0.39 is 0 Å². The molecule has 0 spiro atoms. The van der Waals surface area contributed by atoms with Crippen molar-refractivity contribution >= 4 is 16.6 Å². The molecule has 1 heterocycles. The summed E-state index contributed by atoms with van der Waals surface area (Å²) in [5, 5.41) is 1.64. The highest BCUT2D eigenvalue weighted by Gasteiger charge is 2.10. The lowest BCUT2D eigenvalue weighted by atomic mass is 10.1. The molecular weight excluding hydrogens is 200 g/mol. The molecule has 0 amide bonds. The van der Waals surface area contributed by atoms with Crippen molar-refractivity contribution in [3.05, 3.63) is 40.7 Å². The highest BCUT2D eigenvalue weighted by molar-refractivity contribution is 5.83. The van der Waals surface area contributed by atoms with Gasteiger partial charge < -0.3 is 5.73 Å². The smallest absolute Gasteiger partial charge is 0.260 e. The van der Waals surface area contributed by atoms with Crippen LogP contribution >= 0.6 is 0 Å². The summed E-state index contributed by atoms with van der Waals surface area (Å²) in [5.74, 6) is 0.540. The zero-order valence-corrected chi connectivity index (χ0v) is 9.60. The number of hydrogen-bond donors (Lipinski definition) is 1. The molecule has 1 atom stereocenters. The van der Waals surface area contributed by atoms with E-state index in [1.54, 1.807) is 4.57 Å². The van der Waals surface area contributed by atoms with Gasteiger partial charge in [0.1, 0.15) is 5.82 Å². The van der Waals surface area contributed by atoms with E-state index in [-0.39, 0.29) is 11.6 Å². The molecule has 1 unspecified atom stereocenters. The number of anilines is 1. The Bertz CT molecular complexity index is 572. The van der Waals surface area contributed by atoms with Crippen LogP contribution < -0.4 is 11.3 Å². The van der Waals surface area contributed by atoms with E-state index in [2.05, 4.69) is 0 Å². The molecule has 16 heavy (non-hydrogen) atoms. The molecular formula is C13H16N2O. The van der Waals surface area contributed by atoms with Gasteiger partial charge in [0.25, 0.3) is 5.56 Å². The van der Waals surface area contributed by atoms with Gasteiger partial charge in [-0.3, -0.25) is 9.36 Å². The van der Waals surface area contributed by atoms with Gasteiger partial charge in [-0.1, -0.05) is 25.1 Å². The molecule has 2 N–H and O–H groups in total. The van der Waals surface area contributed by atoms with Crippen molar-refractivity contribution in [2.24, 2.45) is 0 Å². The zero-order chi connectivity index (χ0) is 11.7. The van der Waals surface area contributed by atoms with Crippen molar-refractivity contribution in [2.75, 3.05) is 5.73 Å². The van der Waals surface area contributed by atoms with Crippen molar-refractivity contribution in [2.45, 2.75) is 26.3 Å². The predicted octanol–water partition coefficient (Wildman–Crippen LogP) is 2.55. The average Bonchev–Trinajstić information content (AvgIpc) is 2.28. The molecule has 0 aliphatic rings. The summed E-state index contributed by atoms with van der Waals surface area (Å²) in [5.41, 5.74) is 5.93. The summed E-state index contributed by atoms with van der Waals surface area (Å²) in [7, 11) is 0. The van der Waals surface area contributed by atoms with Gasteiger partial charge >= 0.3 is 0 Å². The number of nitrogens with two attached hydrogens (primary N) is 1. The lowest BCUT2D eigenvalue weighted by Crippen LogP contribution is -2.25. The fourth-order valence-corrected chi connectivity index (χ4v) is 1.93. The summed E-state index contributed by atoms with van der Waals surface area (Å²) in [4.78, 5) is 12.2. The predicted molar refractivity (Wildman–Crippen MR) is 67.6 cm³/mol. The quantitative estimate of drug-likeness (QED) is 0.838. The summed E-state index contributed by atoms with van der Waals surface area (Å²) >= 11 is 0. The Balaban J connectivity index is 2.81. The lowest BCUT2D eigenvalue weighted by molar-refractivity contribution is 0.524. The molecule has 0 fully saturated rings. The molecule has 84 valence electrons. The van der Waals surface area contributed by atoms with Gasteiger partial charge in [-0.15, -0.1) is 0 Å². The van der Waals surface area contributed by atoms with E-state index in [0.717, 1.165) is 17.2 Å². The number of rotatable bonds is 2. The van der Waals surface area contributed by atoms with Crippen LogP contribution in [-0.2, 0) is 0 Å². The Kier molecular flexibility index (Phi) is 2.69. The maximum absolute atomic E-state index is 12.2. The molecule has 0 aliphatic carbocycles. The van der Waals surface area contributed by atoms with Crippen LogP contribution in [0.4, 0.5) is 5.82 Å². The normalized spacial score (nSPS) is 12.9. The first-order chi connectivity index (χ1) is 7.65. The van der Waals surface area contributed by atoms with Gasteiger partial charge in [0.2, 0.25) is 0 Å². The van der Waals surface area contributed by atoms with Crippen LogP contribution in [0.15, 0.2) is 35.1 Å². The summed E-state index contributed by atoms with van der Waals surface area (Å²) in [6.45, 7) is 4.05. The molecule has 0 saturated heterocycles. The van der Waals surface area contributed by atoms with Gasteiger partial charge in [0.05, 0.1) is 0 Å². The summed E-state index contributed by atoms with van der Waals surface area (Å²) in [6, 6.07) is 9.54. The minimum absolute atomic E-state index is 0.00458. The first-order valence-electron chi connectivity index (χ1n) is 5.55. The highest BCUT2D eigenvalue weighted by Crippen LogP contribution is 2.18. The Morgan fingerprint density at radius 1 is 1.38 bits per heavy atom. The standard InChI is InChI=1S/C13H16N2O/c1-3-9(2)15-12(14)8-10-6-4-5-7-11(10)13(15)16/h4-9H,3,14H2,1-2H3. The Labute approximate surface area is 94.5 Å². The third-order valence-corrected chi connectivity index (χ3v) is 3.02. The minimum atomic E-state index is 0.00458. The Hall–Kier alpha value is -1.77. The monoisotopic (exact) mass is 216 g/mol. The second-order valence-corrected chi connectivity index (χ2v) is 4.09. The number of nitrogen functional groups attached to an aromatic ring is 1. The van der Waals surface area contributed by atoms with Crippen molar-refractivity contribution in [1.82, 2.24) is 4.57 Å². The Morgan fingerprint density at radius 3 is 2.75 bits per heavy atom. The van der Waals surface area contributed by atoms with E-state index >= 15 is 0 Å². The third kappa shape index (κ3) is 1.58. The Morgan fingerprint density at radius 2 is 2.06 bits per heavy atom. The number of pyridine rings is 1. The molecule has 3 heteroatoms. The molecule has 0 aliphatic heterocycles. The highest BCUT2D eigenvalue weighted by atomic mass is 16.1. The second-order valence-electron chi connectivity index (χ2n) is 4.09. The van der Waals surface area contributed by atoms with Crippen molar-refractivity contribution < 1.29 is 0 Å². The third-order valence-electron chi connectivity index (χ3n) is 3.02. The molecule has 0 saturated carbocycles. The summed E-state index contributed by atoms with van der Waals surface area (Å²) in [6.07, 6.45) is 0.891. The van der Waals surface area contributed by atoms with Crippen molar-refractivity contribution in [1.29, 1.82) is 0 Å². The van der Waals surface area contributed by atoms with Gasteiger partial charge in [-0.05, 0) is 30.9 Å². The summed E-state index contributed by atoms with van der Waals surface area (Å²) < 4.78 is 1.67. The van der Waals surface area contributed by atoms with Gasteiger partial charge in [0, 0.05) is 11.4 Å². The van der Waals surface area contributed by atoms with Gasteiger partial charge in [0.15, 0.2) is 0 Å². The van der Waals surface area contributed by atoms with E-state index in [1.807, 2.05) is 44.2 Å². The van der Waals surface area contributed by atoms with Crippen LogP contribution in [0.3, 0.4) is 0 Å². The van der Waals surface area contributed by atoms with Crippen LogP contribution in [-0.4, -0.2) is 4.57 Å². The zero-order valence-electron chi connectivity index (χ0n) is 9.60. The molecule has 0 radical (unpaired) electrons.